The van der Waals surface area contributed by atoms with E-state index in [0.29, 0.717) is 18.8 Å². The summed E-state index contributed by atoms with van der Waals surface area (Å²) in [5.74, 6) is 0.0710. The normalized spacial score (nSPS) is 12.4. The second kappa shape index (κ2) is 6.26. The van der Waals surface area contributed by atoms with Crippen LogP contribution in [0.3, 0.4) is 0 Å². The number of rotatable bonds is 5. The Morgan fingerprint density at radius 2 is 2.22 bits per heavy atom. The lowest BCUT2D eigenvalue weighted by atomic mass is 10.1. The van der Waals surface area contributed by atoms with Gasteiger partial charge in [-0.05, 0) is 24.7 Å². The van der Waals surface area contributed by atoms with E-state index >= 15 is 0 Å². The Hall–Kier alpha value is -1.75. The van der Waals surface area contributed by atoms with E-state index in [9.17, 15) is 9.90 Å². The van der Waals surface area contributed by atoms with Gasteiger partial charge >= 0.3 is 0 Å². The quantitative estimate of drug-likeness (QED) is 0.534. The van der Waals surface area contributed by atoms with Gasteiger partial charge in [0.1, 0.15) is 5.75 Å². The summed E-state index contributed by atoms with van der Waals surface area (Å²) in [4.78, 5) is 13.5. The Labute approximate surface area is 108 Å². The Bertz CT molecular complexity index is 421. The van der Waals surface area contributed by atoms with Gasteiger partial charge in [-0.25, -0.2) is 0 Å². The number of phenols is 1. The van der Waals surface area contributed by atoms with E-state index < -0.39 is 0 Å². The van der Waals surface area contributed by atoms with Gasteiger partial charge in [0.25, 0.3) is 0 Å². The molecule has 0 saturated carbocycles. The number of nitrogen functional groups attached to an aromatic ring is 1. The average Bonchev–Trinajstić information content (AvgIpc) is 2.32. The van der Waals surface area contributed by atoms with Crippen LogP contribution in [0.5, 0.6) is 5.75 Å². The van der Waals surface area contributed by atoms with Crippen LogP contribution in [0.1, 0.15) is 12.5 Å². The van der Waals surface area contributed by atoms with Gasteiger partial charge in [-0.15, -0.1) is 0 Å². The number of hydrogen-bond acceptors (Lipinski definition) is 4. The maximum Gasteiger partial charge on any atom is 0.223 e. The van der Waals surface area contributed by atoms with E-state index in [1.165, 1.54) is 0 Å². The van der Waals surface area contributed by atoms with Gasteiger partial charge < -0.3 is 21.1 Å². The molecule has 1 atom stereocenters. The zero-order valence-electron chi connectivity index (χ0n) is 11.1. The first-order valence-corrected chi connectivity index (χ1v) is 5.91. The van der Waals surface area contributed by atoms with Crippen molar-refractivity contribution in [3.63, 3.8) is 0 Å². The number of carbonyl (C=O) groups is 1. The van der Waals surface area contributed by atoms with Crippen LogP contribution in [0.15, 0.2) is 18.2 Å². The molecule has 0 heterocycles. The van der Waals surface area contributed by atoms with Gasteiger partial charge in [0.15, 0.2) is 0 Å². The lowest BCUT2D eigenvalue weighted by Crippen LogP contribution is -2.34. The summed E-state index contributed by atoms with van der Waals surface area (Å²) in [5.41, 5.74) is 7.02. The van der Waals surface area contributed by atoms with E-state index in [-0.39, 0.29) is 17.6 Å². The second-order valence-corrected chi connectivity index (χ2v) is 4.61. The molecule has 1 unspecified atom stereocenters. The van der Waals surface area contributed by atoms with Crippen molar-refractivity contribution in [2.45, 2.75) is 13.5 Å². The molecule has 0 aromatic heterocycles. The number of anilines is 1. The number of carbonyl (C=O) groups excluding carboxylic acids is 1. The number of hydrogen-bond donors (Lipinski definition) is 3. The average molecular weight is 251 g/mol. The molecule has 1 rings (SSSR count). The fraction of sp³-hybridized carbons (Fsp3) is 0.462. The number of phenolic OH excluding ortho intramolecular Hbond substituents is 1. The minimum atomic E-state index is -0.0607. The van der Waals surface area contributed by atoms with Gasteiger partial charge in [-0.3, -0.25) is 4.79 Å². The van der Waals surface area contributed by atoms with Crippen molar-refractivity contribution < 1.29 is 9.90 Å². The monoisotopic (exact) mass is 251 g/mol. The molecule has 5 heteroatoms. The lowest BCUT2D eigenvalue weighted by molar-refractivity contribution is -0.124. The number of aromatic hydroxyl groups is 1. The summed E-state index contributed by atoms with van der Waals surface area (Å²) in [5, 5.41) is 12.0. The molecule has 0 aliphatic carbocycles. The second-order valence-electron chi connectivity index (χ2n) is 4.61. The number of nitrogens with one attached hydrogen (secondary N) is 1. The number of nitrogens with zero attached hydrogens (tertiary/aromatic N) is 1. The Balaban J connectivity index is 2.56. The minimum Gasteiger partial charge on any atom is -0.506 e. The summed E-state index contributed by atoms with van der Waals surface area (Å²) in [7, 11) is 3.59. The van der Waals surface area contributed by atoms with Crippen molar-refractivity contribution in [3.05, 3.63) is 23.8 Å². The molecule has 0 aliphatic rings. The van der Waals surface area contributed by atoms with Crippen LogP contribution in [0.25, 0.3) is 0 Å². The third-order valence-corrected chi connectivity index (χ3v) is 2.82. The van der Waals surface area contributed by atoms with Crippen molar-refractivity contribution in [2.75, 3.05) is 26.4 Å². The third-order valence-electron chi connectivity index (χ3n) is 2.82. The fourth-order valence-corrected chi connectivity index (χ4v) is 1.88. The van der Waals surface area contributed by atoms with E-state index in [1.807, 2.05) is 24.9 Å². The molecule has 1 aromatic rings. The smallest absolute Gasteiger partial charge is 0.223 e. The summed E-state index contributed by atoms with van der Waals surface area (Å²) in [6, 6.07) is 5.16. The van der Waals surface area contributed by atoms with Crippen LogP contribution in [-0.2, 0) is 11.3 Å². The van der Waals surface area contributed by atoms with Gasteiger partial charge in [0.05, 0.1) is 5.69 Å². The molecule has 5 nitrogen and oxygen atoms in total. The summed E-state index contributed by atoms with van der Waals surface area (Å²) >= 11 is 0. The highest BCUT2D eigenvalue weighted by Gasteiger charge is 2.13. The lowest BCUT2D eigenvalue weighted by Gasteiger charge is -2.20. The molecule has 0 radical (unpaired) electrons. The molecule has 0 aliphatic heterocycles. The summed E-state index contributed by atoms with van der Waals surface area (Å²) in [6.07, 6.45) is 0. The number of benzene rings is 1. The van der Waals surface area contributed by atoms with E-state index in [2.05, 4.69) is 5.32 Å². The number of nitrogens with two attached hydrogens (primary N) is 1. The molecule has 1 aromatic carbocycles. The molecule has 100 valence electrons. The van der Waals surface area contributed by atoms with Crippen molar-refractivity contribution in [1.29, 1.82) is 0 Å². The van der Waals surface area contributed by atoms with Gasteiger partial charge in [0, 0.05) is 26.1 Å². The minimum absolute atomic E-state index is 0.0343. The highest BCUT2D eigenvalue weighted by molar-refractivity contribution is 5.78. The molecule has 0 spiro atoms. The van der Waals surface area contributed by atoms with Gasteiger partial charge in [0.2, 0.25) is 5.91 Å². The summed E-state index contributed by atoms with van der Waals surface area (Å²) < 4.78 is 0. The van der Waals surface area contributed by atoms with Crippen molar-refractivity contribution in [2.24, 2.45) is 5.92 Å². The Morgan fingerprint density at radius 3 is 2.78 bits per heavy atom. The van der Waals surface area contributed by atoms with E-state index in [1.54, 1.807) is 19.2 Å². The van der Waals surface area contributed by atoms with Crippen LogP contribution < -0.4 is 11.1 Å². The Morgan fingerprint density at radius 1 is 1.56 bits per heavy atom. The maximum atomic E-state index is 11.4. The standard InChI is InChI=1S/C13H21N3O2/c1-9(13(18)15-2)7-16(3)8-10-4-5-12(17)11(14)6-10/h4-6,9,17H,7-8,14H2,1-3H3,(H,15,18). The molecule has 0 fully saturated rings. The van der Waals surface area contributed by atoms with Gasteiger partial charge in [-0.2, -0.15) is 0 Å². The fourth-order valence-electron chi connectivity index (χ4n) is 1.88. The molecular weight excluding hydrogens is 230 g/mol. The van der Waals surface area contributed by atoms with E-state index in [4.69, 9.17) is 5.73 Å². The van der Waals surface area contributed by atoms with Crippen molar-refractivity contribution >= 4 is 11.6 Å². The van der Waals surface area contributed by atoms with Crippen LogP contribution >= 0.6 is 0 Å². The molecule has 0 bridgehead atoms. The van der Waals surface area contributed by atoms with Crippen molar-refractivity contribution in [3.8, 4) is 5.75 Å². The maximum absolute atomic E-state index is 11.4. The first-order valence-electron chi connectivity index (χ1n) is 5.91. The SMILES string of the molecule is CNC(=O)C(C)CN(C)Cc1ccc(O)c(N)c1. The third kappa shape index (κ3) is 3.92. The highest BCUT2D eigenvalue weighted by Crippen LogP contribution is 2.21. The molecule has 1 amide bonds. The first-order chi connectivity index (χ1) is 8.43. The topological polar surface area (TPSA) is 78.6 Å². The molecule has 4 N–H and O–H groups in total. The first kappa shape index (κ1) is 14.3. The van der Waals surface area contributed by atoms with Gasteiger partial charge in [-0.1, -0.05) is 13.0 Å². The predicted octanol–water partition coefficient (Wildman–Crippen LogP) is 0.788. The molecule has 18 heavy (non-hydrogen) atoms. The predicted molar refractivity (Wildman–Crippen MR) is 72.1 cm³/mol. The molecular formula is C13H21N3O2. The highest BCUT2D eigenvalue weighted by atomic mass is 16.3. The van der Waals surface area contributed by atoms with E-state index in [0.717, 1.165) is 5.56 Å². The zero-order chi connectivity index (χ0) is 13.7. The van der Waals surface area contributed by atoms with Crippen LogP contribution in [0, 0.1) is 5.92 Å². The number of amides is 1. The molecule has 0 saturated heterocycles. The van der Waals surface area contributed by atoms with Crippen LogP contribution in [0.2, 0.25) is 0 Å². The van der Waals surface area contributed by atoms with Crippen LogP contribution in [0.4, 0.5) is 5.69 Å². The summed E-state index contributed by atoms with van der Waals surface area (Å²) in [6.45, 7) is 3.24. The largest absolute Gasteiger partial charge is 0.506 e. The zero-order valence-corrected chi connectivity index (χ0v) is 11.1. The van der Waals surface area contributed by atoms with Crippen LogP contribution in [-0.4, -0.2) is 36.6 Å². The van der Waals surface area contributed by atoms with Crippen molar-refractivity contribution in [1.82, 2.24) is 10.2 Å². The Kier molecular flexibility index (Phi) is 4.97.